The van der Waals surface area contributed by atoms with E-state index < -0.39 is 47.7 Å². The van der Waals surface area contributed by atoms with Gasteiger partial charge in [0, 0.05) is 52.9 Å². The fourth-order valence-corrected chi connectivity index (χ4v) is 6.71. The second-order valence-electron chi connectivity index (χ2n) is 18.0. The summed E-state index contributed by atoms with van der Waals surface area (Å²) in [4.78, 5) is 25.7. The normalized spacial score (nSPS) is 12.8. The van der Waals surface area contributed by atoms with E-state index in [0.29, 0.717) is 73.7 Å². The van der Waals surface area contributed by atoms with Gasteiger partial charge in [-0.2, -0.15) is 0 Å². The van der Waals surface area contributed by atoms with Crippen LogP contribution in [0, 0.1) is 5.41 Å². The Morgan fingerprint density at radius 3 is 1.43 bits per heavy atom. The molecule has 0 saturated carbocycles. The summed E-state index contributed by atoms with van der Waals surface area (Å²) in [5, 5.41) is 0. The van der Waals surface area contributed by atoms with Crippen molar-refractivity contribution in [3.63, 3.8) is 0 Å². The van der Waals surface area contributed by atoms with Crippen molar-refractivity contribution in [3.05, 3.63) is 168 Å². The molecule has 0 aliphatic rings. The molecule has 5 aromatic rings. The van der Waals surface area contributed by atoms with Crippen LogP contribution in [-0.4, -0.2) is 56.4 Å². The summed E-state index contributed by atoms with van der Waals surface area (Å²) in [5.41, 5.74) is 15.1. The van der Waals surface area contributed by atoms with Crippen molar-refractivity contribution in [2.75, 3.05) is 37.9 Å². The average molecular weight is 997 g/mol. The Bertz CT molecular complexity index is 2640. The van der Waals surface area contributed by atoms with E-state index in [4.69, 9.17) is 39.9 Å². The lowest BCUT2D eigenvalue weighted by molar-refractivity contribution is -0.141. The summed E-state index contributed by atoms with van der Waals surface area (Å²) in [6.07, 6.45) is 2.79. The predicted octanol–water partition coefficient (Wildman–Crippen LogP) is 13.5. The summed E-state index contributed by atoms with van der Waals surface area (Å²) < 4.78 is 103. The number of benzene rings is 5. The van der Waals surface area contributed by atoms with Crippen molar-refractivity contribution in [1.29, 1.82) is 0 Å². The van der Waals surface area contributed by atoms with Crippen LogP contribution in [0.5, 0.6) is 23.0 Å². The van der Waals surface area contributed by atoms with Gasteiger partial charge in [0.2, 0.25) is 0 Å². The lowest BCUT2D eigenvalue weighted by atomic mass is 9.85. The Morgan fingerprint density at radius 1 is 0.611 bits per heavy atom. The predicted molar refractivity (Wildman–Crippen MR) is 272 cm³/mol. The Kier molecular flexibility index (Phi) is 19.6. The molecule has 0 aromatic heterocycles. The molecule has 4 N–H and O–H groups in total. The van der Waals surface area contributed by atoms with Crippen LogP contribution in [0.25, 0.3) is 23.7 Å². The van der Waals surface area contributed by atoms with Crippen LogP contribution in [0.2, 0.25) is 0 Å². The van der Waals surface area contributed by atoms with Gasteiger partial charge in [0.25, 0.3) is 11.8 Å². The molecule has 382 valence electrons. The molecule has 2 atom stereocenters. The molecule has 10 nitrogen and oxygen atoms in total. The first-order valence-corrected chi connectivity index (χ1v) is 23.2. The highest BCUT2D eigenvalue weighted by Gasteiger charge is 2.42. The molecule has 72 heavy (non-hydrogen) atoms. The van der Waals surface area contributed by atoms with Gasteiger partial charge in [0.1, 0.15) is 47.7 Å². The molecule has 0 aliphatic heterocycles. The maximum Gasteiger partial charge on any atom is 0.330 e. The number of carbonyl (C=O) groups is 2. The monoisotopic (exact) mass is 996 g/mol. The summed E-state index contributed by atoms with van der Waals surface area (Å²) in [7, 11) is 0. The van der Waals surface area contributed by atoms with E-state index >= 15 is 0 Å². The number of alkyl halides is 5. The highest BCUT2D eigenvalue weighted by atomic mass is 19.3. The lowest BCUT2D eigenvalue weighted by Gasteiger charge is -2.30. The van der Waals surface area contributed by atoms with Gasteiger partial charge in [-0.3, -0.25) is 0 Å². The van der Waals surface area contributed by atoms with Crippen molar-refractivity contribution in [1.82, 2.24) is 0 Å². The van der Waals surface area contributed by atoms with Crippen LogP contribution in [0.1, 0.15) is 87.1 Å². The van der Waals surface area contributed by atoms with Crippen molar-refractivity contribution < 1.29 is 60.0 Å². The molecular formula is C57H61F5N2O8. The Morgan fingerprint density at radius 2 is 1.03 bits per heavy atom. The first kappa shape index (κ1) is 55.4. The lowest BCUT2D eigenvalue weighted by Crippen LogP contribution is -2.34. The van der Waals surface area contributed by atoms with Crippen molar-refractivity contribution >= 4 is 47.0 Å². The fraction of sp³-hybridized carbons (Fsp3) is 0.298. The molecule has 0 amide bonds. The standard InChI is InChI=1S/C57H61F5N2O8/c1-38(43-15-24-47(25-16-43)67-33-7-31-56(59,60)40(3)58)71-49-20-9-41(10-21-49)13-29-53(65)69-36-45(51-28-19-46(63)35-52(51)64)37-70-54(66)30-14-42-11-22-50(23-12-42)72-39(2)44-17-26-48(27-18-44)68-34-8-32-57(61,62)55(4,5)6/h9-30,35,40,45H,1-2,7-8,31-34,36-37,63-64H2,3-6H3/b29-13+,30-14+. The number of nitrogens with two attached hydrogens (primary N) is 2. The molecule has 0 fully saturated rings. The van der Waals surface area contributed by atoms with E-state index in [9.17, 15) is 31.5 Å². The first-order chi connectivity index (χ1) is 34.1. The van der Waals surface area contributed by atoms with Gasteiger partial charge in [-0.25, -0.2) is 31.5 Å². The number of hydrogen-bond acceptors (Lipinski definition) is 10. The fourth-order valence-electron chi connectivity index (χ4n) is 6.71. The number of hydrogen-bond donors (Lipinski definition) is 2. The molecule has 0 saturated heterocycles. The minimum atomic E-state index is -3.39. The second-order valence-corrected chi connectivity index (χ2v) is 18.0. The minimum Gasteiger partial charge on any atom is -0.494 e. The Balaban J connectivity index is 1.06. The first-order valence-electron chi connectivity index (χ1n) is 23.2. The molecule has 2 unspecified atom stereocenters. The van der Waals surface area contributed by atoms with Crippen LogP contribution in [0.15, 0.2) is 141 Å². The van der Waals surface area contributed by atoms with Gasteiger partial charge >= 0.3 is 11.9 Å². The van der Waals surface area contributed by atoms with Crippen molar-refractivity contribution in [3.8, 4) is 23.0 Å². The number of rotatable bonds is 26. The van der Waals surface area contributed by atoms with Crippen molar-refractivity contribution in [2.24, 2.45) is 5.41 Å². The van der Waals surface area contributed by atoms with E-state index in [1.165, 1.54) is 32.9 Å². The largest absolute Gasteiger partial charge is 0.494 e. The quantitative estimate of drug-likeness (QED) is 0.0137. The van der Waals surface area contributed by atoms with E-state index in [1.54, 1.807) is 127 Å². The zero-order chi connectivity index (χ0) is 52.5. The summed E-state index contributed by atoms with van der Waals surface area (Å²) in [6, 6.07) is 32.4. The maximum absolute atomic E-state index is 14.2. The number of anilines is 2. The van der Waals surface area contributed by atoms with Crippen LogP contribution in [0.4, 0.5) is 33.3 Å². The molecule has 0 bridgehead atoms. The summed E-state index contributed by atoms with van der Waals surface area (Å²) in [6.45, 7) is 13.2. The molecule has 0 radical (unpaired) electrons. The van der Waals surface area contributed by atoms with Gasteiger partial charge in [-0.1, -0.05) is 64.3 Å². The van der Waals surface area contributed by atoms with E-state index in [2.05, 4.69) is 13.2 Å². The van der Waals surface area contributed by atoms with Gasteiger partial charge in [0.15, 0.2) is 6.17 Å². The van der Waals surface area contributed by atoms with Crippen molar-refractivity contribution in [2.45, 2.75) is 77.3 Å². The van der Waals surface area contributed by atoms with Gasteiger partial charge in [0.05, 0.1) is 19.1 Å². The number of carbonyl (C=O) groups excluding carboxylic acids is 2. The Hall–Kier alpha value is -7.55. The molecule has 0 spiro atoms. The smallest absolute Gasteiger partial charge is 0.330 e. The van der Waals surface area contributed by atoms with Crippen LogP contribution >= 0.6 is 0 Å². The van der Waals surface area contributed by atoms with Crippen LogP contribution in [0.3, 0.4) is 0 Å². The summed E-state index contributed by atoms with van der Waals surface area (Å²) >= 11 is 0. The molecule has 15 heteroatoms. The average Bonchev–Trinajstić information content (AvgIpc) is 3.34. The van der Waals surface area contributed by atoms with E-state index in [-0.39, 0.29) is 45.7 Å². The van der Waals surface area contributed by atoms with Gasteiger partial charge in [-0.05, 0) is 134 Å². The van der Waals surface area contributed by atoms with Crippen LogP contribution in [-0.2, 0) is 19.1 Å². The molecule has 5 rings (SSSR count). The third-order valence-corrected chi connectivity index (χ3v) is 11.3. The highest BCUT2D eigenvalue weighted by Crippen LogP contribution is 2.39. The molecule has 5 aromatic carbocycles. The molecule has 0 aliphatic carbocycles. The number of ether oxygens (including phenoxy) is 6. The topological polar surface area (TPSA) is 142 Å². The van der Waals surface area contributed by atoms with E-state index in [1.807, 2.05) is 0 Å². The van der Waals surface area contributed by atoms with Crippen LogP contribution < -0.4 is 30.4 Å². The number of esters is 2. The van der Waals surface area contributed by atoms with E-state index in [0.717, 1.165) is 6.92 Å². The third-order valence-electron chi connectivity index (χ3n) is 11.3. The van der Waals surface area contributed by atoms with Gasteiger partial charge in [-0.15, -0.1) is 0 Å². The minimum absolute atomic E-state index is 0.00361. The Labute approximate surface area is 417 Å². The molecular weight excluding hydrogens is 936 g/mol. The second kappa shape index (κ2) is 25.5. The zero-order valence-corrected chi connectivity index (χ0v) is 40.8. The van der Waals surface area contributed by atoms with Gasteiger partial charge < -0.3 is 39.9 Å². The number of halogens is 5. The number of nitrogen functional groups attached to an aromatic ring is 2. The third kappa shape index (κ3) is 17.4. The SMILES string of the molecule is C=C(Oc1ccc(/C=C/C(=O)OCC(COC(=O)/C=C/c2ccc(OC(=C)c3ccc(OCCCC(F)(F)C(C)(C)C)cc3)cc2)c2ccc(N)cc2N)cc1)c1ccc(OCCCC(F)(F)C(C)F)cc1. The molecule has 0 heterocycles. The zero-order valence-electron chi connectivity index (χ0n) is 40.8. The maximum atomic E-state index is 14.2. The summed E-state index contributed by atoms with van der Waals surface area (Å²) in [5.74, 6) is -5.38. The highest BCUT2D eigenvalue weighted by molar-refractivity contribution is 5.88.